The van der Waals surface area contributed by atoms with E-state index in [4.69, 9.17) is 0 Å². The zero-order chi connectivity index (χ0) is 16.4. The molecule has 0 atom stereocenters. The van der Waals surface area contributed by atoms with Crippen LogP contribution in [0.4, 0.5) is 0 Å². The Kier molecular flexibility index (Phi) is 4.32. The molecule has 0 aromatic carbocycles. The van der Waals surface area contributed by atoms with Crippen molar-refractivity contribution < 1.29 is 4.79 Å². The average Bonchev–Trinajstić information content (AvgIpc) is 3.22. The smallest absolute Gasteiger partial charge is 0.263 e. The van der Waals surface area contributed by atoms with Crippen LogP contribution in [-0.4, -0.2) is 20.9 Å². The first-order valence-electron chi connectivity index (χ1n) is 7.25. The van der Waals surface area contributed by atoms with E-state index in [0.29, 0.717) is 11.4 Å². The number of thiazole rings is 1. The van der Waals surface area contributed by atoms with Crippen LogP contribution in [0.5, 0.6) is 0 Å². The van der Waals surface area contributed by atoms with E-state index < -0.39 is 0 Å². The number of hydrogen-bond donors (Lipinski definition) is 2. The van der Waals surface area contributed by atoms with E-state index in [9.17, 15) is 4.79 Å². The van der Waals surface area contributed by atoms with Crippen LogP contribution in [0.1, 0.15) is 42.0 Å². The maximum absolute atomic E-state index is 12.4. The van der Waals surface area contributed by atoms with Gasteiger partial charge >= 0.3 is 0 Å². The first kappa shape index (κ1) is 15.9. The number of amides is 1. The number of aromatic amines is 1. The van der Waals surface area contributed by atoms with E-state index in [1.54, 1.807) is 23.0 Å². The highest BCUT2D eigenvalue weighted by molar-refractivity contribution is 7.13. The van der Waals surface area contributed by atoms with Crippen molar-refractivity contribution in [3.8, 4) is 10.6 Å². The minimum atomic E-state index is -0.149. The van der Waals surface area contributed by atoms with Gasteiger partial charge < -0.3 is 10.3 Å². The van der Waals surface area contributed by atoms with Crippen LogP contribution in [0.25, 0.3) is 10.6 Å². The van der Waals surface area contributed by atoms with Gasteiger partial charge in [0.15, 0.2) is 0 Å². The maximum Gasteiger partial charge on any atom is 0.263 e. The molecule has 3 heterocycles. The number of carbonyl (C=O) groups is 1. The lowest BCUT2D eigenvalue weighted by atomic mass is 9.91. The third kappa shape index (κ3) is 3.51. The Morgan fingerprint density at radius 3 is 2.83 bits per heavy atom. The lowest BCUT2D eigenvalue weighted by Gasteiger charge is -2.17. The Balaban J connectivity index is 1.67. The van der Waals surface area contributed by atoms with E-state index in [1.165, 1.54) is 11.3 Å². The van der Waals surface area contributed by atoms with Crippen molar-refractivity contribution >= 4 is 28.6 Å². The summed E-state index contributed by atoms with van der Waals surface area (Å²) in [7, 11) is 0. The molecule has 3 aromatic heterocycles. The van der Waals surface area contributed by atoms with E-state index in [-0.39, 0.29) is 11.3 Å². The van der Waals surface area contributed by atoms with Gasteiger partial charge in [0.1, 0.15) is 10.7 Å². The third-order valence-electron chi connectivity index (χ3n) is 3.32. The molecule has 1 amide bonds. The minimum Gasteiger partial charge on any atom is -0.344 e. The summed E-state index contributed by atoms with van der Waals surface area (Å²) in [5.74, 6) is 0.634. The summed E-state index contributed by atoms with van der Waals surface area (Å²) in [5.41, 5.74) is 3.37. The molecule has 0 bridgehead atoms. The number of nitrogens with one attached hydrogen (secondary N) is 2. The zero-order valence-corrected chi connectivity index (χ0v) is 14.8. The van der Waals surface area contributed by atoms with Crippen LogP contribution < -0.4 is 5.32 Å². The van der Waals surface area contributed by atoms with Crippen molar-refractivity contribution in [3.63, 3.8) is 0 Å². The molecule has 0 saturated carbocycles. The van der Waals surface area contributed by atoms with Gasteiger partial charge in [-0.1, -0.05) is 26.8 Å². The van der Waals surface area contributed by atoms with Crippen LogP contribution in [0.3, 0.4) is 0 Å². The number of imidazole rings is 1. The zero-order valence-electron chi connectivity index (χ0n) is 13.2. The van der Waals surface area contributed by atoms with Gasteiger partial charge in [0.25, 0.3) is 5.91 Å². The predicted octanol–water partition coefficient (Wildman–Crippen LogP) is 3.82. The summed E-state index contributed by atoms with van der Waals surface area (Å²) in [6, 6.07) is 4.04. The maximum atomic E-state index is 12.4. The lowest BCUT2D eigenvalue weighted by molar-refractivity contribution is 0.0951. The molecule has 23 heavy (non-hydrogen) atoms. The molecule has 7 heteroatoms. The quantitative estimate of drug-likeness (QED) is 0.754. The summed E-state index contributed by atoms with van der Waals surface area (Å²) < 4.78 is 0. The number of carbonyl (C=O) groups excluding carboxylic acids is 1. The van der Waals surface area contributed by atoms with Crippen molar-refractivity contribution in [2.45, 2.75) is 32.7 Å². The van der Waals surface area contributed by atoms with Crippen LogP contribution in [0, 0.1) is 0 Å². The van der Waals surface area contributed by atoms with Gasteiger partial charge in [0.05, 0.1) is 34.5 Å². The number of H-pyrrole nitrogens is 1. The first-order chi connectivity index (χ1) is 10.9. The second kappa shape index (κ2) is 6.25. The highest BCUT2D eigenvalue weighted by atomic mass is 32.1. The first-order valence-corrected chi connectivity index (χ1v) is 9.01. The molecule has 5 nitrogen and oxygen atoms in total. The second-order valence-corrected chi connectivity index (χ2v) is 7.99. The summed E-state index contributed by atoms with van der Waals surface area (Å²) in [4.78, 5) is 26.1. The molecule has 0 fully saturated rings. The lowest BCUT2D eigenvalue weighted by Crippen LogP contribution is -2.26. The Hall–Kier alpha value is -1.99. The molecule has 3 aromatic rings. The fraction of sp³-hybridized carbons (Fsp3) is 0.312. The highest BCUT2D eigenvalue weighted by Gasteiger charge is 2.24. The Labute approximate surface area is 142 Å². The standard InChI is InChI=1S/C16H18N4OS2/c1-16(2,3)14-13(23-9-19-14)15(21)18-8-12-17-7-10(20-12)11-5-4-6-22-11/h4-7,9H,8H2,1-3H3,(H,17,20)(H,18,21). The highest BCUT2D eigenvalue weighted by Crippen LogP contribution is 2.27. The monoisotopic (exact) mass is 346 g/mol. The number of rotatable bonds is 4. The van der Waals surface area contributed by atoms with E-state index in [2.05, 4.69) is 41.0 Å². The Morgan fingerprint density at radius 1 is 1.30 bits per heavy atom. The normalized spacial score (nSPS) is 11.6. The molecular weight excluding hydrogens is 328 g/mol. The molecule has 120 valence electrons. The van der Waals surface area contributed by atoms with Crippen molar-refractivity contribution in [1.29, 1.82) is 0 Å². The van der Waals surface area contributed by atoms with Gasteiger partial charge in [-0.2, -0.15) is 0 Å². The fourth-order valence-electron chi connectivity index (χ4n) is 2.20. The number of nitrogens with zero attached hydrogens (tertiary/aromatic N) is 2. The van der Waals surface area contributed by atoms with Crippen LogP contribution in [-0.2, 0) is 12.0 Å². The largest absolute Gasteiger partial charge is 0.344 e. The van der Waals surface area contributed by atoms with E-state index in [0.717, 1.165) is 22.1 Å². The summed E-state index contributed by atoms with van der Waals surface area (Å²) in [5, 5.41) is 4.94. The third-order valence-corrected chi connectivity index (χ3v) is 5.04. The fourth-order valence-corrected chi connectivity index (χ4v) is 3.80. The molecule has 0 saturated heterocycles. The molecule has 0 radical (unpaired) electrons. The van der Waals surface area contributed by atoms with E-state index in [1.807, 2.05) is 17.5 Å². The van der Waals surface area contributed by atoms with Gasteiger partial charge in [0.2, 0.25) is 0 Å². The second-order valence-electron chi connectivity index (χ2n) is 6.18. The minimum absolute atomic E-state index is 0.105. The van der Waals surface area contributed by atoms with Gasteiger partial charge in [-0.3, -0.25) is 4.79 Å². The van der Waals surface area contributed by atoms with Gasteiger partial charge in [-0.25, -0.2) is 9.97 Å². The number of aromatic nitrogens is 3. The Bertz CT molecular complexity index is 796. The molecule has 0 unspecified atom stereocenters. The molecule has 0 aliphatic rings. The topological polar surface area (TPSA) is 70.7 Å². The molecule has 3 rings (SSSR count). The van der Waals surface area contributed by atoms with Gasteiger partial charge in [-0.15, -0.1) is 22.7 Å². The summed E-state index contributed by atoms with van der Waals surface area (Å²) in [6.45, 7) is 6.53. The van der Waals surface area contributed by atoms with E-state index >= 15 is 0 Å². The van der Waals surface area contributed by atoms with Crippen molar-refractivity contribution in [1.82, 2.24) is 20.3 Å². The molecular formula is C16H18N4OS2. The average molecular weight is 346 g/mol. The van der Waals surface area contributed by atoms with Gasteiger partial charge in [-0.05, 0) is 11.4 Å². The molecule has 0 aliphatic carbocycles. The number of thiophene rings is 1. The van der Waals surface area contributed by atoms with Crippen LogP contribution >= 0.6 is 22.7 Å². The predicted molar refractivity (Wildman–Crippen MR) is 93.9 cm³/mol. The Morgan fingerprint density at radius 2 is 2.13 bits per heavy atom. The molecule has 2 N–H and O–H groups in total. The van der Waals surface area contributed by atoms with Gasteiger partial charge in [0, 0.05) is 5.41 Å². The van der Waals surface area contributed by atoms with Crippen molar-refractivity contribution in [2.75, 3.05) is 0 Å². The van der Waals surface area contributed by atoms with Crippen LogP contribution in [0.2, 0.25) is 0 Å². The van der Waals surface area contributed by atoms with Crippen molar-refractivity contribution in [2.24, 2.45) is 0 Å². The summed E-state index contributed by atoms with van der Waals surface area (Å²) in [6.07, 6.45) is 1.79. The molecule has 0 spiro atoms. The SMILES string of the molecule is CC(C)(C)c1ncsc1C(=O)NCc1ncc(-c2cccs2)[nH]1. The van der Waals surface area contributed by atoms with Crippen molar-refractivity contribution in [3.05, 3.63) is 45.6 Å². The number of hydrogen-bond acceptors (Lipinski definition) is 5. The summed E-state index contributed by atoms with van der Waals surface area (Å²) >= 11 is 3.02. The molecule has 0 aliphatic heterocycles. The van der Waals surface area contributed by atoms with Crippen LogP contribution in [0.15, 0.2) is 29.2 Å².